The summed E-state index contributed by atoms with van der Waals surface area (Å²) in [6.07, 6.45) is 1.36. The number of hydrogen-bond donors (Lipinski definition) is 1. The quantitative estimate of drug-likeness (QED) is 0.486. The highest BCUT2D eigenvalue weighted by Gasteiger charge is 2.20. The van der Waals surface area contributed by atoms with Crippen LogP contribution in [0.5, 0.6) is 5.88 Å². The van der Waals surface area contributed by atoms with Crippen LogP contribution in [-0.4, -0.2) is 40.1 Å². The van der Waals surface area contributed by atoms with Gasteiger partial charge in [-0.1, -0.05) is 0 Å². The molecule has 1 rings (SSSR count). The maximum atomic E-state index is 11.4. The smallest absolute Gasteiger partial charge is 0.407 e. The third kappa shape index (κ3) is 5.67. The van der Waals surface area contributed by atoms with Crippen molar-refractivity contribution in [3.63, 3.8) is 0 Å². The Balaban J connectivity index is 2.40. The highest BCUT2D eigenvalue weighted by atomic mass is 16.6. The van der Waals surface area contributed by atoms with Gasteiger partial charge in [-0.25, -0.2) is 4.79 Å². The lowest BCUT2D eigenvalue weighted by atomic mass is 10.2. The third-order valence-corrected chi connectivity index (χ3v) is 2.33. The van der Waals surface area contributed by atoms with E-state index in [0.717, 1.165) is 0 Å². The molecule has 21 heavy (non-hydrogen) atoms. The number of nitro groups is 1. The molecule has 1 aromatic rings. The predicted octanol–water partition coefficient (Wildman–Crippen LogP) is 1.71. The van der Waals surface area contributed by atoms with Crippen LogP contribution in [0.1, 0.15) is 27.2 Å². The van der Waals surface area contributed by atoms with Crippen molar-refractivity contribution in [2.75, 3.05) is 13.7 Å². The SMILES string of the molecule is COc1nn(CCCNC(=O)OC(C)(C)C)cc1[N+](=O)[O-]. The van der Waals surface area contributed by atoms with Crippen molar-refractivity contribution in [1.82, 2.24) is 15.1 Å². The van der Waals surface area contributed by atoms with Crippen molar-refractivity contribution in [2.24, 2.45) is 0 Å². The fourth-order valence-electron chi connectivity index (χ4n) is 1.52. The Morgan fingerprint density at radius 3 is 2.67 bits per heavy atom. The number of carbonyl (C=O) groups excluding carboxylic acids is 1. The molecule has 1 N–H and O–H groups in total. The summed E-state index contributed by atoms with van der Waals surface area (Å²) in [7, 11) is 1.32. The number of alkyl carbamates (subject to hydrolysis) is 1. The largest absolute Gasteiger partial charge is 0.475 e. The van der Waals surface area contributed by atoms with Gasteiger partial charge in [-0.05, 0) is 27.2 Å². The monoisotopic (exact) mass is 300 g/mol. The predicted molar refractivity (Wildman–Crippen MR) is 74.3 cm³/mol. The number of methoxy groups -OCH3 is 1. The molecular formula is C12H20N4O5. The molecule has 9 heteroatoms. The molecule has 1 heterocycles. The van der Waals surface area contributed by atoms with Gasteiger partial charge >= 0.3 is 17.7 Å². The Bertz CT molecular complexity index is 506. The van der Waals surface area contributed by atoms with Gasteiger partial charge in [0, 0.05) is 13.1 Å². The molecule has 1 aromatic heterocycles. The van der Waals surface area contributed by atoms with Crippen LogP contribution in [0.4, 0.5) is 10.5 Å². The number of aromatic nitrogens is 2. The number of aryl methyl sites for hydroxylation is 1. The number of hydrogen-bond acceptors (Lipinski definition) is 6. The van der Waals surface area contributed by atoms with E-state index in [1.165, 1.54) is 18.0 Å². The van der Waals surface area contributed by atoms with E-state index in [9.17, 15) is 14.9 Å². The second-order valence-electron chi connectivity index (χ2n) is 5.33. The molecule has 0 aliphatic rings. The van der Waals surface area contributed by atoms with Gasteiger partial charge in [0.1, 0.15) is 11.8 Å². The first-order valence-electron chi connectivity index (χ1n) is 6.45. The lowest BCUT2D eigenvalue weighted by molar-refractivity contribution is -0.385. The first kappa shape index (κ1) is 16.7. The number of amides is 1. The zero-order valence-electron chi connectivity index (χ0n) is 12.6. The van der Waals surface area contributed by atoms with Crippen molar-refractivity contribution < 1.29 is 19.2 Å². The number of carbonyl (C=O) groups is 1. The molecule has 118 valence electrons. The summed E-state index contributed by atoms with van der Waals surface area (Å²) in [5.41, 5.74) is -0.724. The van der Waals surface area contributed by atoms with Crippen LogP contribution in [0.3, 0.4) is 0 Å². The summed E-state index contributed by atoms with van der Waals surface area (Å²) >= 11 is 0. The Labute approximate surface area is 122 Å². The zero-order valence-corrected chi connectivity index (χ0v) is 12.6. The summed E-state index contributed by atoms with van der Waals surface area (Å²) in [4.78, 5) is 21.6. The van der Waals surface area contributed by atoms with Crippen LogP contribution in [0.25, 0.3) is 0 Å². The maximum absolute atomic E-state index is 11.4. The fraction of sp³-hybridized carbons (Fsp3) is 0.667. The van der Waals surface area contributed by atoms with Gasteiger partial charge in [-0.3, -0.25) is 14.8 Å². The fourth-order valence-corrected chi connectivity index (χ4v) is 1.52. The number of nitrogens with one attached hydrogen (secondary N) is 1. The summed E-state index contributed by atoms with van der Waals surface area (Å²) in [6.45, 7) is 6.13. The van der Waals surface area contributed by atoms with Crippen LogP contribution in [0.2, 0.25) is 0 Å². The molecule has 0 fully saturated rings. The minimum absolute atomic E-state index is 0.0277. The normalized spacial score (nSPS) is 11.0. The maximum Gasteiger partial charge on any atom is 0.407 e. The number of nitrogens with zero attached hydrogens (tertiary/aromatic N) is 3. The van der Waals surface area contributed by atoms with Gasteiger partial charge in [-0.15, -0.1) is 5.10 Å². The minimum Gasteiger partial charge on any atom is -0.475 e. The van der Waals surface area contributed by atoms with E-state index in [4.69, 9.17) is 9.47 Å². The molecule has 0 aliphatic carbocycles. The molecule has 9 nitrogen and oxygen atoms in total. The summed E-state index contributed by atoms with van der Waals surface area (Å²) in [6, 6.07) is 0. The third-order valence-electron chi connectivity index (χ3n) is 2.33. The summed E-state index contributed by atoms with van der Waals surface area (Å²) in [5, 5.41) is 17.3. The molecule has 0 bridgehead atoms. The first-order chi connectivity index (χ1) is 9.73. The minimum atomic E-state index is -0.554. The molecule has 0 spiro atoms. The van der Waals surface area contributed by atoms with Crippen molar-refractivity contribution >= 4 is 11.8 Å². The van der Waals surface area contributed by atoms with Gasteiger partial charge in [0.15, 0.2) is 0 Å². The van der Waals surface area contributed by atoms with E-state index in [1.54, 1.807) is 20.8 Å². The Morgan fingerprint density at radius 1 is 1.52 bits per heavy atom. The van der Waals surface area contributed by atoms with Crippen molar-refractivity contribution in [2.45, 2.75) is 39.3 Å². The van der Waals surface area contributed by atoms with E-state index >= 15 is 0 Å². The second-order valence-corrected chi connectivity index (χ2v) is 5.33. The topological polar surface area (TPSA) is 109 Å². The molecule has 0 saturated carbocycles. The molecular weight excluding hydrogens is 280 g/mol. The summed E-state index contributed by atoms with van der Waals surface area (Å²) in [5.74, 6) is -0.0277. The van der Waals surface area contributed by atoms with Crippen LogP contribution in [-0.2, 0) is 11.3 Å². The second kappa shape index (κ2) is 6.91. The van der Waals surface area contributed by atoms with Gasteiger partial charge in [0.2, 0.25) is 0 Å². The lowest BCUT2D eigenvalue weighted by Gasteiger charge is -2.19. The highest BCUT2D eigenvalue weighted by Crippen LogP contribution is 2.23. The van der Waals surface area contributed by atoms with Crippen molar-refractivity contribution in [3.05, 3.63) is 16.3 Å². The number of rotatable bonds is 6. The van der Waals surface area contributed by atoms with Crippen LogP contribution in [0.15, 0.2) is 6.20 Å². The molecule has 1 amide bonds. The molecule has 0 unspecified atom stereocenters. The van der Waals surface area contributed by atoms with Gasteiger partial charge in [0.05, 0.1) is 12.0 Å². The average Bonchev–Trinajstić information content (AvgIpc) is 2.76. The van der Waals surface area contributed by atoms with E-state index in [0.29, 0.717) is 19.5 Å². The lowest BCUT2D eigenvalue weighted by Crippen LogP contribution is -2.33. The Kier molecular flexibility index (Phi) is 5.51. The first-order valence-corrected chi connectivity index (χ1v) is 6.45. The van der Waals surface area contributed by atoms with Crippen LogP contribution >= 0.6 is 0 Å². The molecule has 0 saturated heterocycles. The van der Waals surface area contributed by atoms with Crippen molar-refractivity contribution in [1.29, 1.82) is 0 Å². The summed E-state index contributed by atoms with van der Waals surface area (Å²) < 4.78 is 11.3. The van der Waals surface area contributed by atoms with E-state index in [-0.39, 0.29) is 11.6 Å². The Morgan fingerprint density at radius 2 is 2.19 bits per heavy atom. The zero-order chi connectivity index (χ0) is 16.0. The average molecular weight is 300 g/mol. The van der Waals surface area contributed by atoms with E-state index in [2.05, 4.69) is 10.4 Å². The van der Waals surface area contributed by atoms with Crippen molar-refractivity contribution in [3.8, 4) is 5.88 Å². The highest BCUT2D eigenvalue weighted by molar-refractivity contribution is 5.67. The van der Waals surface area contributed by atoms with E-state index in [1.807, 2.05) is 0 Å². The molecule has 0 aliphatic heterocycles. The number of ether oxygens (including phenoxy) is 2. The van der Waals surface area contributed by atoms with Gasteiger partial charge in [0.25, 0.3) is 0 Å². The molecule has 0 radical (unpaired) electrons. The van der Waals surface area contributed by atoms with Crippen LogP contribution in [0, 0.1) is 10.1 Å². The Hall–Kier alpha value is -2.32. The van der Waals surface area contributed by atoms with E-state index < -0.39 is 16.6 Å². The standard InChI is InChI=1S/C12H20N4O5/c1-12(2,3)21-11(17)13-6-5-7-15-8-9(16(18)19)10(14-15)20-4/h8H,5-7H2,1-4H3,(H,13,17). The molecule has 0 aromatic carbocycles. The van der Waals surface area contributed by atoms with Gasteiger partial charge < -0.3 is 14.8 Å². The van der Waals surface area contributed by atoms with Crippen LogP contribution < -0.4 is 10.1 Å². The molecule has 0 atom stereocenters. The van der Waals surface area contributed by atoms with Gasteiger partial charge in [-0.2, -0.15) is 0 Å².